The lowest BCUT2D eigenvalue weighted by Gasteiger charge is -2.25. The van der Waals surface area contributed by atoms with Gasteiger partial charge in [0.2, 0.25) is 0 Å². The Labute approximate surface area is 136 Å². The van der Waals surface area contributed by atoms with Crippen LogP contribution in [-0.2, 0) is 0 Å². The zero-order chi connectivity index (χ0) is 15.6. The van der Waals surface area contributed by atoms with Crippen molar-refractivity contribution in [3.63, 3.8) is 0 Å². The highest BCUT2D eigenvalue weighted by Crippen LogP contribution is 2.17. The smallest absolute Gasteiger partial charge is 0.191 e. The molecule has 2 rings (SSSR count). The summed E-state index contributed by atoms with van der Waals surface area (Å²) in [5, 5.41) is 7.06. The van der Waals surface area contributed by atoms with Gasteiger partial charge in [-0.15, -0.1) is 0 Å². The minimum atomic E-state index is 0.626. The van der Waals surface area contributed by atoms with E-state index < -0.39 is 0 Å². The maximum Gasteiger partial charge on any atom is 0.191 e. The predicted octanol–water partition coefficient (Wildman–Crippen LogP) is 1.51. The summed E-state index contributed by atoms with van der Waals surface area (Å²) in [6.45, 7) is 7.12. The molecule has 0 aromatic carbocycles. The van der Waals surface area contributed by atoms with Crippen LogP contribution < -0.4 is 10.6 Å². The second-order valence-corrected chi connectivity index (χ2v) is 6.83. The maximum absolute atomic E-state index is 4.37. The number of aliphatic imine (C=N–C) groups is 1. The number of rotatable bonds is 5. The summed E-state index contributed by atoms with van der Waals surface area (Å²) in [6, 6.07) is 0.626. The molecule has 2 N–H and O–H groups in total. The summed E-state index contributed by atoms with van der Waals surface area (Å²) >= 11 is 0. The first-order valence-corrected chi connectivity index (χ1v) is 9.16. The number of likely N-dealkylation sites (N-methyl/N-ethyl adjacent to an activating group) is 1. The van der Waals surface area contributed by atoms with Crippen molar-refractivity contribution in [1.82, 2.24) is 20.4 Å². The number of guanidine groups is 1. The van der Waals surface area contributed by atoms with Gasteiger partial charge in [-0.1, -0.05) is 19.3 Å². The molecule has 1 saturated heterocycles. The molecule has 0 atom stereocenters. The van der Waals surface area contributed by atoms with Crippen LogP contribution in [0, 0.1) is 0 Å². The predicted molar refractivity (Wildman–Crippen MR) is 94.5 cm³/mol. The van der Waals surface area contributed by atoms with Crippen molar-refractivity contribution in [2.45, 2.75) is 51.0 Å². The van der Waals surface area contributed by atoms with Gasteiger partial charge in [0.05, 0.1) is 0 Å². The maximum atomic E-state index is 4.37. The van der Waals surface area contributed by atoms with Gasteiger partial charge < -0.3 is 20.4 Å². The molecule has 0 radical (unpaired) electrons. The standard InChI is InChI=1S/C17H35N5/c1-18-17(20-16-8-4-3-5-9-16)19-10-6-12-22-13-7-11-21(2)14-15-22/h16H,3-15H2,1-2H3,(H2,18,19,20). The Hall–Kier alpha value is -0.810. The third-order valence-electron chi connectivity index (χ3n) is 4.93. The summed E-state index contributed by atoms with van der Waals surface area (Å²) < 4.78 is 0. The van der Waals surface area contributed by atoms with E-state index in [1.807, 2.05) is 7.05 Å². The van der Waals surface area contributed by atoms with Gasteiger partial charge in [0.25, 0.3) is 0 Å². The molecule has 0 spiro atoms. The number of nitrogens with one attached hydrogen (secondary N) is 2. The fourth-order valence-corrected chi connectivity index (χ4v) is 3.47. The Bertz CT molecular complexity index is 325. The largest absolute Gasteiger partial charge is 0.356 e. The van der Waals surface area contributed by atoms with Crippen LogP contribution in [0.25, 0.3) is 0 Å². The van der Waals surface area contributed by atoms with Crippen LogP contribution in [0.4, 0.5) is 0 Å². The minimum absolute atomic E-state index is 0.626. The fraction of sp³-hybridized carbons (Fsp3) is 0.941. The lowest BCUT2D eigenvalue weighted by molar-refractivity contribution is 0.273. The third-order valence-corrected chi connectivity index (χ3v) is 4.93. The van der Waals surface area contributed by atoms with E-state index in [1.165, 1.54) is 77.7 Å². The molecular formula is C17H35N5. The van der Waals surface area contributed by atoms with Gasteiger partial charge >= 0.3 is 0 Å². The van der Waals surface area contributed by atoms with Crippen LogP contribution in [0.15, 0.2) is 4.99 Å². The van der Waals surface area contributed by atoms with Crippen molar-refractivity contribution in [1.29, 1.82) is 0 Å². The highest BCUT2D eigenvalue weighted by atomic mass is 15.2. The first-order chi connectivity index (χ1) is 10.8. The first-order valence-electron chi connectivity index (χ1n) is 9.16. The minimum Gasteiger partial charge on any atom is -0.356 e. The highest BCUT2D eigenvalue weighted by molar-refractivity contribution is 5.79. The zero-order valence-electron chi connectivity index (χ0n) is 14.6. The molecule has 1 aliphatic heterocycles. The molecule has 1 saturated carbocycles. The molecule has 0 unspecified atom stereocenters. The first kappa shape index (κ1) is 17.5. The van der Waals surface area contributed by atoms with Gasteiger partial charge in [0.1, 0.15) is 0 Å². The van der Waals surface area contributed by atoms with Gasteiger partial charge in [-0.05, 0) is 52.4 Å². The summed E-state index contributed by atoms with van der Waals surface area (Å²) in [5.41, 5.74) is 0. The van der Waals surface area contributed by atoms with E-state index in [1.54, 1.807) is 0 Å². The van der Waals surface area contributed by atoms with Crippen LogP contribution in [0.2, 0.25) is 0 Å². The van der Waals surface area contributed by atoms with Crippen molar-refractivity contribution in [3.8, 4) is 0 Å². The van der Waals surface area contributed by atoms with Crippen LogP contribution in [0.3, 0.4) is 0 Å². The molecule has 5 heteroatoms. The van der Waals surface area contributed by atoms with Crippen LogP contribution in [0.1, 0.15) is 44.9 Å². The van der Waals surface area contributed by atoms with Crippen molar-refractivity contribution in [2.75, 3.05) is 53.4 Å². The van der Waals surface area contributed by atoms with Gasteiger partial charge in [0.15, 0.2) is 5.96 Å². The Morgan fingerprint density at radius 3 is 2.64 bits per heavy atom. The van der Waals surface area contributed by atoms with E-state index in [0.717, 1.165) is 12.5 Å². The number of nitrogens with zero attached hydrogens (tertiary/aromatic N) is 3. The lowest BCUT2D eigenvalue weighted by atomic mass is 9.96. The van der Waals surface area contributed by atoms with Crippen LogP contribution in [-0.4, -0.2) is 75.2 Å². The Kier molecular flexibility index (Phi) is 8.02. The summed E-state index contributed by atoms with van der Waals surface area (Å²) in [5.74, 6) is 0.988. The van der Waals surface area contributed by atoms with E-state index in [0.29, 0.717) is 6.04 Å². The molecular weight excluding hydrogens is 274 g/mol. The van der Waals surface area contributed by atoms with Crippen molar-refractivity contribution in [2.24, 2.45) is 4.99 Å². The van der Waals surface area contributed by atoms with Gasteiger partial charge in [-0.2, -0.15) is 0 Å². The Morgan fingerprint density at radius 1 is 1.05 bits per heavy atom. The monoisotopic (exact) mass is 309 g/mol. The molecule has 2 aliphatic rings. The molecule has 0 aromatic rings. The second kappa shape index (κ2) is 10.1. The SMILES string of the molecule is CN=C(NCCCN1CCCN(C)CC1)NC1CCCCC1. The summed E-state index contributed by atoms with van der Waals surface area (Å²) in [6.07, 6.45) is 9.19. The molecule has 0 amide bonds. The topological polar surface area (TPSA) is 42.9 Å². The molecule has 1 heterocycles. The van der Waals surface area contributed by atoms with E-state index >= 15 is 0 Å². The second-order valence-electron chi connectivity index (χ2n) is 6.83. The molecule has 128 valence electrons. The summed E-state index contributed by atoms with van der Waals surface area (Å²) in [7, 11) is 4.11. The quantitative estimate of drug-likeness (QED) is 0.459. The molecule has 5 nitrogen and oxygen atoms in total. The van der Waals surface area contributed by atoms with Crippen molar-refractivity contribution >= 4 is 5.96 Å². The van der Waals surface area contributed by atoms with Gasteiger partial charge in [-0.25, -0.2) is 0 Å². The van der Waals surface area contributed by atoms with E-state index in [-0.39, 0.29) is 0 Å². The average molecular weight is 310 g/mol. The zero-order valence-corrected chi connectivity index (χ0v) is 14.6. The highest BCUT2D eigenvalue weighted by Gasteiger charge is 2.14. The molecule has 0 aromatic heterocycles. The van der Waals surface area contributed by atoms with Gasteiger partial charge in [0, 0.05) is 32.7 Å². The molecule has 0 bridgehead atoms. The van der Waals surface area contributed by atoms with Crippen molar-refractivity contribution in [3.05, 3.63) is 0 Å². The third kappa shape index (κ3) is 6.53. The molecule has 2 fully saturated rings. The number of hydrogen-bond donors (Lipinski definition) is 2. The van der Waals surface area contributed by atoms with Crippen LogP contribution >= 0.6 is 0 Å². The van der Waals surface area contributed by atoms with Crippen LogP contribution in [0.5, 0.6) is 0 Å². The Balaban J connectivity index is 1.58. The van der Waals surface area contributed by atoms with E-state index in [9.17, 15) is 0 Å². The van der Waals surface area contributed by atoms with E-state index in [4.69, 9.17) is 0 Å². The molecule has 1 aliphatic carbocycles. The summed E-state index contributed by atoms with van der Waals surface area (Å²) in [4.78, 5) is 9.40. The van der Waals surface area contributed by atoms with E-state index in [2.05, 4.69) is 32.5 Å². The Morgan fingerprint density at radius 2 is 1.86 bits per heavy atom. The number of hydrogen-bond acceptors (Lipinski definition) is 3. The average Bonchev–Trinajstić information content (AvgIpc) is 2.76. The van der Waals surface area contributed by atoms with Crippen molar-refractivity contribution < 1.29 is 0 Å². The fourth-order valence-electron chi connectivity index (χ4n) is 3.47. The molecule has 22 heavy (non-hydrogen) atoms. The van der Waals surface area contributed by atoms with Gasteiger partial charge in [-0.3, -0.25) is 4.99 Å². The normalized spacial score (nSPS) is 23.3. The lowest BCUT2D eigenvalue weighted by Crippen LogP contribution is -2.44.